The monoisotopic (exact) mass is 380 g/mol. The molecule has 28 heavy (non-hydrogen) atoms. The number of nitrogens with zero attached hydrogens (tertiary/aromatic N) is 1. The van der Waals surface area contributed by atoms with Crippen LogP contribution in [0, 0.1) is 0 Å². The average molecular weight is 380 g/mol. The Bertz CT molecular complexity index is 864. The molecule has 0 atom stereocenters. The number of methoxy groups -OCH3 is 1. The molecule has 1 heterocycles. The highest BCUT2D eigenvalue weighted by Crippen LogP contribution is 2.30. The van der Waals surface area contributed by atoms with Gasteiger partial charge >= 0.3 is 5.97 Å². The van der Waals surface area contributed by atoms with Gasteiger partial charge < -0.3 is 15.0 Å². The van der Waals surface area contributed by atoms with Gasteiger partial charge in [0.25, 0.3) is 5.91 Å². The van der Waals surface area contributed by atoms with Crippen LogP contribution in [0.2, 0.25) is 0 Å². The predicted molar refractivity (Wildman–Crippen MR) is 106 cm³/mol. The van der Waals surface area contributed by atoms with E-state index in [-0.39, 0.29) is 17.8 Å². The number of nitrogens with one attached hydrogen (secondary N) is 1. The standard InChI is InChI=1S/C22H24N2O4/c1-28-22(27)18-10-5-12-19-17(18)11-7-15-24(19)20(25)13-6-14-23-21(26)16-8-3-2-4-9-16/h2-5,8-10,12H,6-7,11,13-15H2,1H3,(H,23,26). The molecule has 2 aromatic rings. The van der Waals surface area contributed by atoms with E-state index in [1.807, 2.05) is 24.3 Å². The normalized spacial score (nSPS) is 12.8. The Hall–Kier alpha value is -3.15. The second-order valence-electron chi connectivity index (χ2n) is 6.67. The molecule has 1 N–H and O–H groups in total. The molecule has 0 bridgehead atoms. The van der Waals surface area contributed by atoms with Crippen LogP contribution in [0.25, 0.3) is 0 Å². The summed E-state index contributed by atoms with van der Waals surface area (Å²) in [6, 6.07) is 14.4. The minimum atomic E-state index is -0.380. The first-order valence-corrected chi connectivity index (χ1v) is 9.45. The van der Waals surface area contributed by atoms with Crippen molar-refractivity contribution in [1.82, 2.24) is 5.32 Å². The highest BCUT2D eigenvalue weighted by atomic mass is 16.5. The van der Waals surface area contributed by atoms with Crippen LogP contribution in [0.15, 0.2) is 48.5 Å². The lowest BCUT2D eigenvalue weighted by Gasteiger charge is -2.30. The van der Waals surface area contributed by atoms with Crippen molar-refractivity contribution < 1.29 is 19.1 Å². The zero-order chi connectivity index (χ0) is 19.9. The molecule has 0 aromatic heterocycles. The molecule has 0 spiro atoms. The summed E-state index contributed by atoms with van der Waals surface area (Å²) < 4.78 is 4.85. The number of ether oxygens (including phenoxy) is 1. The summed E-state index contributed by atoms with van der Waals surface area (Å²) in [5.74, 6) is -0.522. The van der Waals surface area contributed by atoms with Crippen molar-refractivity contribution in [2.45, 2.75) is 25.7 Å². The Kier molecular flexibility index (Phi) is 6.42. The maximum atomic E-state index is 12.7. The highest BCUT2D eigenvalue weighted by molar-refractivity contribution is 5.99. The number of amides is 2. The van der Waals surface area contributed by atoms with E-state index in [0.717, 1.165) is 24.1 Å². The van der Waals surface area contributed by atoms with Crippen molar-refractivity contribution in [3.8, 4) is 0 Å². The van der Waals surface area contributed by atoms with Crippen molar-refractivity contribution in [3.05, 3.63) is 65.2 Å². The second kappa shape index (κ2) is 9.17. The fourth-order valence-electron chi connectivity index (χ4n) is 3.45. The van der Waals surface area contributed by atoms with Gasteiger partial charge in [0.05, 0.1) is 12.7 Å². The fraction of sp³-hybridized carbons (Fsp3) is 0.318. The van der Waals surface area contributed by atoms with E-state index in [0.29, 0.717) is 37.1 Å². The van der Waals surface area contributed by atoms with Crippen LogP contribution < -0.4 is 10.2 Å². The van der Waals surface area contributed by atoms with E-state index in [1.54, 1.807) is 29.2 Å². The number of esters is 1. The van der Waals surface area contributed by atoms with Crippen molar-refractivity contribution in [2.24, 2.45) is 0 Å². The van der Waals surface area contributed by atoms with E-state index in [1.165, 1.54) is 7.11 Å². The number of hydrogen-bond acceptors (Lipinski definition) is 4. The molecule has 0 saturated carbocycles. The van der Waals surface area contributed by atoms with E-state index in [4.69, 9.17) is 4.74 Å². The van der Waals surface area contributed by atoms with Gasteiger partial charge in [-0.2, -0.15) is 0 Å². The molecular formula is C22H24N2O4. The lowest BCUT2D eigenvalue weighted by molar-refractivity contribution is -0.118. The molecule has 0 fully saturated rings. The summed E-state index contributed by atoms with van der Waals surface area (Å²) >= 11 is 0. The summed E-state index contributed by atoms with van der Waals surface area (Å²) in [4.78, 5) is 38.5. The van der Waals surface area contributed by atoms with Gasteiger partial charge in [-0.05, 0) is 49.1 Å². The zero-order valence-electron chi connectivity index (χ0n) is 15.9. The summed E-state index contributed by atoms with van der Waals surface area (Å²) in [7, 11) is 1.36. The third kappa shape index (κ3) is 4.39. The van der Waals surface area contributed by atoms with Crippen LogP contribution >= 0.6 is 0 Å². The van der Waals surface area contributed by atoms with Gasteiger partial charge in [0.2, 0.25) is 5.91 Å². The SMILES string of the molecule is COC(=O)c1cccc2c1CCCN2C(=O)CCCNC(=O)c1ccccc1. The number of carbonyl (C=O) groups excluding carboxylic acids is 3. The van der Waals surface area contributed by atoms with Crippen LogP contribution in [0.5, 0.6) is 0 Å². The Morgan fingerprint density at radius 3 is 2.61 bits per heavy atom. The Morgan fingerprint density at radius 2 is 1.86 bits per heavy atom. The summed E-state index contributed by atoms with van der Waals surface area (Å²) in [6.07, 6.45) is 2.44. The smallest absolute Gasteiger partial charge is 0.338 e. The molecule has 1 aliphatic rings. The Morgan fingerprint density at radius 1 is 1.07 bits per heavy atom. The van der Waals surface area contributed by atoms with E-state index < -0.39 is 0 Å². The van der Waals surface area contributed by atoms with Gasteiger partial charge in [-0.3, -0.25) is 9.59 Å². The van der Waals surface area contributed by atoms with Crippen molar-refractivity contribution in [1.29, 1.82) is 0 Å². The van der Waals surface area contributed by atoms with Gasteiger partial charge in [0.15, 0.2) is 0 Å². The van der Waals surface area contributed by atoms with Gasteiger partial charge in [0.1, 0.15) is 0 Å². The third-order valence-electron chi connectivity index (χ3n) is 4.85. The maximum absolute atomic E-state index is 12.7. The molecule has 6 heteroatoms. The van der Waals surface area contributed by atoms with E-state index in [2.05, 4.69) is 5.32 Å². The van der Waals surface area contributed by atoms with Crippen molar-refractivity contribution in [2.75, 3.05) is 25.1 Å². The molecule has 146 valence electrons. The molecule has 2 amide bonds. The first kappa shape index (κ1) is 19.6. The van der Waals surface area contributed by atoms with Crippen molar-refractivity contribution >= 4 is 23.5 Å². The number of anilines is 1. The highest BCUT2D eigenvalue weighted by Gasteiger charge is 2.26. The zero-order valence-corrected chi connectivity index (χ0v) is 15.9. The molecule has 0 saturated heterocycles. The summed E-state index contributed by atoms with van der Waals surface area (Å²) in [5.41, 5.74) is 2.78. The summed E-state index contributed by atoms with van der Waals surface area (Å²) in [5, 5.41) is 2.84. The predicted octanol–water partition coefficient (Wildman–Crippen LogP) is 2.96. The minimum absolute atomic E-state index is 0.00285. The van der Waals surface area contributed by atoms with E-state index >= 15 is 0 Å². The quantitative estimate of drug-likeness (QED) is 0.618. The molecule has 0 radical (unpaired) electrons. The van der Waals surface area contributed by atoms with Crippen LogP contribution in [0.4, 0.5) is 5.69 Å². The topological polar surface area (TPSA) is 75.7 Å². The molecule has 2 aromatic carbocycles. The second-order valence-corrected chi connectivity index (χ2v) is 6.67. The first-order chi connectivity index (χ1) is 13.6. The molecule has 0 unspecified atom stereocenters. The van der Waals surface area contributed by atoms with Crippen LogP contribution in [0.3, 0.4) is 0 Å². The number of benzene rings is 2. The minimum Gasteiger partial charge on any atom is -0.465 e. The molecule has 6 nitrogen and oxygen atoms in total. The Labute approximate surface area is 164 Å². The molecule has 1 aliphatic heterocycles. The van der Waals surface area contributed by atoms with Gasteiger partial charge in [-0.25, -0.2) is 4.79 Å². The molecule has 3 rings (SSSR count). The lowest BCUT2D eigenvalue weighted by atomic mass is 9.96. The van der Waals surface area contributed by atoms with E-state index in [9.17, 15) is 14.4 Å². The van der Waals surface area contributed by atoms with Crippen LogP contribution in [-0.4, -0.2) is 38.0 Å². The lowest BCUT2D eigenvalue weighted by Crippen LogP contribution is -2.36. The number of carbonyl (C=O) groups is 3. The van der Waals surface area contributed by atoms with Crippen molar-refractivity contribution in [3.63, 3.8) is 0 Å². The first-order valence-electron chi connectivity index (χ1n) is 9.45. The number of fused-ring (bicyclic) bond motifs is 1. The summed E-state index contributed by atoms with van der Waals surface area (Å²) in [6.45, 7) is 1.06. The van der Waals surface area contributed by atoms with Crippen LogP contribution in [-0.2, 0) is 16.0 Å². The fourth-order valence-corrected chi connectivity index (χ4v) is 3.45. The maximum Gasteiger partial charge on any atom is 0.338 e. The average Bonchev–Trinajstić information content (AvgIpc) is 2.75. The van der Waals surface area contributed by atoms with Gasteiger partial charge in [0, 0.05) is 30.8 Å². The Balaban J connectivity index is 1.57. The van der Waals surface area contributed by atoms with Gasteiger partial charge in [-0.15, -0.1) is 0 Å². The van der Waals surface area contributed by atoms with Gasteiger partial charge in [-0.1, -0.05) is 24.3 Å². The largest absolute Gasteiger partial charge is 0.465 e. The molecular weight excluding hydrogens is 356 g/mol. The van der Waals surface area contributed by atoms with Crippen LogP contribution in [0.1, 0.15) is 45.5 Å². The molecule has 0 aliphatic carbocycles. The number of hydrogen-bond donors (Lipinski definition) is 1. The third-order valence-corrected chi connectivity index (χ3v) is 4.85. The number of rotatable bonds is 6.